The minimum absolute atomic E-state index is 0.123. The molecular formula is C26H29F2NO6. The number of carbonyl (C=O) groups excluding carboxylic acids is 2. The minimum atomic E-state index is -0.923. The maximum atomic E-state index is 13.9. The smallest absolute Gasteiger partial charge is 0.412 e. The largest absolute Gasteiger partial charge is 0.491 e. The van der Waals surface area contributed by atoms with E-state index in [4.69, 9.17) is 19.3 Å². The van der Waals surface area contributed by atoms with E-state index in [1.807, 2.05) is 13.0 Å². The summed E-state index contributed by atoms with van der Waals surface area (Å²) in [6.07, 6.45) is 5.21. The number of benzene rings is 2. The molecule has 188 valence electrons. The molecular weight excluding hydrogens is 460 g/mol. The lowest BCUT2D eigenvalue weighted by molar-refractivity contribution is -0.137. The van der Waals surface area contributed by atoms with Gasteiger partial charge in [0, 0.05) is 18.1 Å². The fraction of sp³-hybridized carbons (Fsp3) is 0.308. The molecule has 0 radical (unpaired) electrons. The SMILES string of the molecule is CCOC(=O)/C=C/C=C/C[C@@H](C)[C@H](OC(=O)Nc1ccc(F)cc1F)c1ccc(OCCO)cc1. The van der Waals surface area contributed by atoms with Crippen LogP contribution in [0.5, 0.6) is 5.75 Å². The summed E-state index contributed by atoms with van der Waals surface area (Å²) in [6, 6.07) is 9.62. The summed E-state index contributed by atoms with van der Waals surface area (Å²) in [6.45, 7) is 3.89. The minimum Gasteiger partial charge on any atom is -0.491 e. The van der Waals surface area contributed by atoms with Crippen LogP contribution in [0.2, 0.25) is 0 Å². The topological polar surface area (TPSA) is 94.1 Å². The van der Waals surface area contributed by atoms with Gasteiger partial charge in [0.05, 0.1) is 18.9 Å². The highest BCUT2D eigenvalue weighted by Gasteiger charge is 2.24. The Hall–Kier alpha value is -3.72. The number of hydrogen-bond donors (Lipinski definition) is 2. The molecule has 2 N–H and O–H groups in total. The monoisotopic (exact) mass is 489 g/mol. The van der Waals surface area contributed by atoms with E-state index in [-0.39, 0.29) is 31.4 Å². The van der Waals surface area contributed by atoms with Gasteiger partial charge in [-0.1, -0.05) is 37.3 Å². The van der Waals surface area contributed by atoms with Crippen molar-refractivity contribution in [2.45, 2.75) is 26.4 Å². The molecule has 0 bridgehead atoms. The van der Waals surface area contributed by atoms with E-state index in [2.05, 4.69) is 5.32 Å². The van der Waals surface area contributed by atoms with Crippen molar-refractivity contribution in [3.05, 3.63) is 84.0 Å². The molecule has 7 nitrogen and oxygen atoms in total. The number of amides is 1. The third-order valence-corrected chi connectivity index (χ3v) is 4.76. The van der Waals surface area contributed by atoms with E-state index >= 15 is 0 Å². The second-order valence-electron chi connectivity index (χ2n) is 7.47. The second kappa shape index (κ2) is 14.5. The number of rotatable bonds is 12. The average molecular weight is 490 g/mol. The third-order valence-electron chi connectivity index (χ3n) is 4.76. The van der Waals surface area contributed by atoms with Crippen LogP contribution in [0.3, 0.4) is 0 Å². The fourth-order valence-corrected chi connectivity index (χ4v) is 3.10. The van der Waals surface area contributed by atoms with Crippen LogP contribution in [0.1, 0.15) is 31.9 Å². The summed E-state index contributed by atoms with van der Waals surface area (Å²) < 4.78 is 42.9. The van der Waals surface area contributed by atoms with Gasteiger partial charge in [-0.2, -0.15) is 0 Å². The maximum absolute atomic E-state index is 13.9. The van der Waals surface area contributed by atoms with E-state index in [1.54, 1.807) is 43.3 Å². The van der Waals surface area contributed by atoms with E-state index in [0.29, 0.717) is 23.8 Å². The lowest BCUT2D eigenvalue weighted by atomic mass is 9.94. The Morgan fingerprint density at radius 2 is 1.86 bits per heavy atom. The van der Waals surface area contributed by atoms with Crippen LogP contribution in [0.25, 0.3) is 0 Å². The third kappa shape index (κ3) is 9.58. The van der Waals surface area contributed by atoms with Gasteiger partial charge in [0.2, 0.25) is 0 Å². The Morgan fingerprint density at radius 3 is 2.51 bits per heavy atom. The molecule has 0 aliphatic carbocycles. The molecule has 0 spiro atoms. The Labute approximate surface area is 203 Å². The first-order valence-electron chi connectivity index (χ1n) is 11.1. The number of aliphatic hydroxyl groups is 1. The summed E-state index contributed by atoms with van der Waals surface area (Å²) in [5.74, 6) is -1.81. The quantitative estimate of drug-likeness (QED) is 0.238. The van der Waals surface area contributed by atoms with Crippen LogP contribution >= 0.6 is 0 Å². The van der Waals surface area contributed by atoms with Gasteiger partial charge in [0.25, 0.3) is 0 Å². The number of carbonyl (C=O) groups is 2. The summed E-state index contributed by atoms with van der Waals surface area (Å²) in [5.41, 5.74) is 0.457. The van der Waals surface area contributed by atoms with Crippen LogP contribution in [0.15, 0.2) is 66.8 Å². The van der Waals surface area contributed by atoms with Gasteiger partial charge in [0.1, 0.15) is 30.1 Å². The predicted molar refractivity (Wildman–Crippen MR) is 127 cm³/mol. The van der Waals surface area contributed by atoms with Crippen molar-refractivity contribution in [1.82, 2.24) is 0 Å². The van der Waals surface area contributed by atoms with Gasteiger partial charge in [0.15, 0.2) is 0 Å². The molecule has 0 saturated carbocycles. The number of hydrogen-bond acceptors (Lipinski definition) is 6. The van der Waals surface area contributed by atoms with Crippen LogP contribution in [0.4, 0.5) is 19.3 Å². The molecule has 0 aromatic heterocycles. The molecule has 0 fully saturated rings. The Kier molecular flexibility index (Phi) is 11.4. The molecule has 0 saturated heterocycles. The van der Waals surface area contributed by atoms with Gasteiger partial charge >= 0.3 is 12.1 Å². The number of esters is 1. The molecule has 9 heteroatoms. The first kappa shape index (κ1) is 27.5. The van der Waals surface area contributed by atoms with E-state index in [1.165, 1.54) is 6.08 Å². The van der Waals surface area contributed by atoms with Gasteiger partial charge in [-0.15, -0.1) is 0 Å². The summed E-state index contributed by atoms with van der Waals surface area (Å²) >= 11 is 0. The number of aliphatic hydroxyl groups excluding tert-OH is 1. The van der Waals surface area contributed by atoms with Gasteiger partial charge in [-0.3, -0.25) is 5.32 Å². The van der Waals surface area contributed by atoms with E-state index in [9.17, 15) is 18.4 Å². The lowest BCUT2D eigenvalue weighted by Gasteiger charge is -2.24. The van der Waals surface area contributed by atoms with Crippen molar-refractivity contribution < 1.29 is 37.7 Å². The molecule has 2 rings (SSSR count). The standard InChI is InChI=1S/C26H29F2NO6/c1-3-33-24(31)8-6-4-5-7-18(2)25(19-9-12-21(13-10-19)34-16-15-30)35-26(32)29-23-14-11-20(27)17-22(23)28/h4-6,8-14,17-18,25,30H,3,7,15-16H2,1-2H3,(H,29,32)/b5-4+,8-6+/t18-,25+/m1/s1. The van der Waals surface area contributed by atoms with Gasteiger partial charge < -0.3 is 19.3 Å². The highest BCUT2D eigenvalue weighted by molar-refractivity contribution is 5.85. The Morgan fingerprint density at radius 1 is 1.11 bits per heavy atom. The predicted octanol–water partition coefficient (Wildman–Crippen LogP) is 5.33. The van der Waals surface area contributed by atoms with Crippen molar-refractivity contribution in [1.29, 1.82) is 0 Å². The highest BCUT2D eigenvalue weighted by atomic mass is 19.1. The molecule has 35 heavy (non-hydrogen) atoms. The normalized spacial score (nSPS) is 12.9. The lowest BCUT2D eigenvalue weighted by Crippen LogP contribution is -2.22. The first-order chi connectivity index (χ1) is 16.8. The molecule has 0 unspecified atom stereocenters. The van der Waals surface area contributed by atoms with Crippen molar-refractivity contribution in [3.63, 3.8) is 0 Å². The summed E-state index contributed by atoms with van der Waals surface area (Å²) in [4.78, 5) is 23.9. The van der Waals surface area contributed by atoms with Gasteiger partial charge in [-0.05, 0) is 43.2 Å². The maximum Gasteiger partial charge on any atom is 0.412 e. The first-order valence-corrected chi connectivity index (χ1v) is 11.1. The van der Waals surface area contributed by atoms with E-state index in [0.717, 1.165) is 12.1 Å². The zero-order valence-electron chi connectivity index (χ0n) is 19.6. The summed E-state index contributed by atoms with van der Waals surface area (Å²) in [7, 11) is 0. The zero-order chi connectivity index (χ0) is 25.6. The number of nitrogens with one attached hydrogen (secondary N) is 1. The van der Waals surface area contributed by atoms with Gasteiger partial charge in [-0.25, -0.2) is 18.4 Å². The molecule has 2 aromatic carbocycles. The molecule has 1 amide bonds. The van der Waals surface area contributed by atoms with Crippen molar-refractivity contribution >= 4 is 17.7 Å². The van der Waals surface area contributed by atoms with E-state index < -0.39 is 29.8 Å². The van der Waals surface area contributed by atoms with Crippen LogP contribution in [-0.4, -0.2) is 37.0 Å². The Bertz CT molecular complexity index is 1020. The van der Waals surface area contributed by atoms with Crippen molar-refractivity contribution in [3.8, 4) is 5.75 Å². The highest BCUT2D eigenvalue weighted by Crippen LogP contribution is 2.31. The fourth-order valence-electron chi connectivity index (χ4n) is 3.10. The number of halogens is 2. The zero-order valence-corrected chi connectivity index (χ0v) is 19.6. The molecule has 2 aromatic rings. The van der Waals surface area contributed by atoms with Crippen LogP contribution in [-0.2, 0) is 14.3 Å². The molecule has 0 aliphatic heterocycles. The van der Waals surface area contributed by atoms with Crippen molar-refractivity contribution in [2.24, 2.45) is 5.92 Å². The molecule has 2 atom stereocenters. The van der Waals surface area contributed by atoms with Crippen LogP contribution < -0.4 is 10.1 Å². The second-order valence-corrected chi connectivity index (χ2v) is 7.47. The molecule has 0 heterocycles. The summed E-state index contributed by atoms with van der Waals surface area (Å²) in [5, 5.41) is 11.2. The molecule has 0 aliphatic rings. The van der Waals surface area contributed by atoms with Crippen molar-refractivity contribution in [2.75, 3.05) is 25.1 Å². The number of allylic oxidation sites excluding steroid dienone is 3. The average Bonchev–Trinajstić information content (AvgIpc) is 2.83. The number of ether oxygens (including phenoxy) is 3. The Balaban J connectivity index is 2.13. The van der Waals surface area contributed by atoms with Crippen LogP contribution in [0, 0.1) is 17.6 Å². The number of anilines is 1.